The molecule has 3 atom stereocenters. The fourth-order valence-electron chi connectivity index (χ4n) is 4.01. The highest BCUT2D eigenvalue weighted by molar-refractivity contribution is 5.73. The van der Waals surface area contributed by atoms with E-state index in [9.17, 15) is 26.3 Å². The number of aryl methyl sites for hydroxylation is 2. The Balaban J connectivity index is 0.000000317. The predicted octanol–water partition coefficient (Wildman–Crippen LogP) is 3.89. The van der Waals surface area contributed by atoms with Gasteiger partial charge in [0.2, 0.25) is 0 Å². The van der Waals surface area contributed by atoms with Crippen molar-refractivity contribution >= 4 is 11.9 Å². The zero-order valence-electron chi connectivity index (χ0n) is 20.9. The molecule has 9 nitrogen and oxygen atoms in total. The number of fused-ring (bicyclic) bond motifs is 1. The number of pyridine rings is 2. The largest absolute Gasteiger partial charge is 0.493 e. The third kappa shape index (κ3) is 10.7. The maximum Gasteiger partial charge on any atom is 0.490 e. The first-order chi connectivity index (χ1) is 18.1. The van der Waals surface area contributed by atoms with Gasteiger partial charge in [0.05, 0.1) is 19.3 Å². The van der Waals surface area contributed by atoms with Crippen LogP contribution in [0, 0.1) is 25.7 Å². The van der Waals surface area contributed by atoms with Gasteiger partial charge in [-0.1, -0.05) is 6.07 Å². The second-order valence-corrected chi connectivity index (χ2v) is 8.85. The number of aliphatic carboxylic acids is 2. The molecule has 0 spiro atoms. The highest BCUT2D eigenvalue weighted by Crippen LogP contribution is 2.34. The Labute approximate surface area is 219 Å². The Kier molecular flexibility index (Phi) is 11.0. The lowest BCUT2D eigenvalue weighted by Gasteiger charge is -2.20. The van der Waals surface area contributed by atoms with E-state index in [0.29, 0.717) is 24.5 Å². The van der Waals surface area contributed by atoms with Gasteiger partial charge in [-0.25, -0.2) is 9.59 Å². The minimum Gasteiger partial charge on any atom is -0.493 e. The number of ether oxygens (including phenoxy) is 2. The fourth-order valence-corrected chi connectivity index (χ4v) is 4.01. The summed E-state index contributed by atoms with van der Waals surface area (Å²) in [6.45, 7) is 8.54. The van der Waals surface area contributed by atoms with Gasteiger partial charge < -0.3 is 19.7 Å². The summed E-state index contributed by atoms with van der Waals surface area (Å²) in [5.41, 5.74) is 3.26. The van der Waals surface area contributed by atoms with Gasteiger partial charge in [0, 0.05) is 67.4 Å². The van der Waals surface area contributed by atoms with E-state index in [2.05, 4.69) is 20.9 Å². The first-order valence-corrected chi connectivity index (χ1v) is 11.5. The zero-order valence-corrected chi connectivity index (χ0v) is 20.9. The Morgan fingerprint density at radius 2 is 1.62 bits per heavy atom. The number of nitrogens with zero attached hydrogens (tertiary/aromatic N) is 3. The maximum absolute atomic E-state index is 10.6. The molecular weight excluding hydrogens is 540 g/mol. The van der Waals surface area contributed by atoms with Crippen molar-refractivity contribution in [3.05, 3.63) is 53.6 Å². The maximum atomic E-state index is 10.6. The number of carbonyl (C=O) groups is 2. The molecule has 4 rings (SSSR count). The Morgan fingerprint density at radius 3 is 2.10 bits per heavy atom. The van der Waals surface area contributed by atoms with E-state index in [0.717, 1.165) is 43.4 Å². The smallest absolute Gasteiger partial charge is 0.490 e. The summed E-state index contributed by atoms with van der Waals surface area (Å²) in [7, 11) is 0. The van der Waals surface area contributed by atoms with E-state index in [1.807, 2.05) is 44.4 Å². The lowest BCUT2D eigenvalue weighted by molar-refractivity contribution is -0.193. The van der Waals surface area contributed by atoms with Gasteiger partial charge in [-0.05, 0) is 25.5 Å². The molecule has 216 valence electrons. The number of hydrogen-bond donors (Lipinski definition) is 2. The lowest BCUT2D eigenvalue weighted by Crippen LogP contribution is -2.26. The highest BCUT2D eigenvalue weighted by atomic mass is 19.4. The van der Waals surface area contributed by atoms with E-state index >= 15 is 0 Å². The van der Waals surface area contributed by atoms with Crippen LogP contribution in [-0.2, 0) is 20.9 Å². The number of rotatable bonds is 5. The number of aromatic nitrogens is 2. The summed E-state index contributed by atoms with van der Waals surface area (Å²) in [5, 5.41) is 14.2. The van der Waals surface area contributed by atoms with Crippen LogP contribution in [0.15, 0.2) is 36.7 Å². The van der Waals surface area contributed by atoms with Crippen LogP contribution < -0.4 is 4.74 Å². The van der Waals surface area contributed by atoms with Gasteiger partial charge in [-0.3, -0.25) is 14.9 Å². The van der Waals surface area contributed by atoms with E-state index in [-0.39, 0.29) is 0 Å². The van der Waals surface area contributed by atoms with Crippen molar-refractivity contribution in [3.63, 3.8) is 0 Å². The molecule has 2 N–H and O–H groups in total. The van der Waals surface area contributed by atoms with Crippen molar-refractivity contribution in [2.24, 2.45) is 11.8 Å². The molecule has 2 aliphatic rings. The van der Waals surface area contributed by atoms with E-state index in [1.54, 1.807) is 0 Å². The molecule has 0 aromatic carbocycles. The topological polar surface area (TPSA) is 122 Å². The molecule has 2 aliphatic heterocycles. The number of likely N-dealkylation sites (tertiary alicyclic amines) is 1. The molecule has 2 saturated heterocycles. The minimum atomic E-state index is -5.08. The van der Waals surface area contributed by atoms with Crippen molar-refractivity contribution in [1.29, 1.82) is 0 Å². The van der Waals surface area contributed by atoms with Crippen LogP contribution in [0.3, 0.4) is 0 Å². The summed E-state index contributed by atoms with van der Waals surface area (Å²) >= 11 is 0. The predicted molar refractivity (Wildman–Crippen MR) is 123 cm³/mol. The van der Waals surface area contributed by atoms with Crippen LogP contribution >= 0.6 is 0 Å². The van der Waals surface area contributed by atoms with Crippen molar-refractivity contribution in [2.75, 3.05) is 26.3 Å². The van der Waals surface area contributed by atoms with Gasteiger partial charge in [0.15, 0.2) is 0 Å². The van der Waals surface area contributed by atoms with Crippen molar-refractivity contribution in [3.8, 4) is 5.75 Å². The fraction of sp³-hybridized carbons (Fsp3) is 0.500. The summed E-state index contributed by atoms with van der Waals surface area (Å²) < 4.78 is 75.6. The second kappa shape index (κ2) is 13.6. The first-order valence-electron chi connectivity index (χ1n) is 11.5. The molecular formula is C24H27F6N3O6. The zero-order chi connectivity index (χ0) is 29.4. The summed E-state index contributed by atoms with van der Waals surface area (Å²) in [6.07, 6.45) is -6.06. The number of carboxylic acid groups (broad SMARTS) is 2. The molecule has 0 saturated carbocycles. The molecule has 15 heteroatoms. The quantitative estimate of drug-likeness (QED) is 0.519. The Bertz CT molecular complexity index is 1060. The van der Waals surface area contributed by atoms with Gasteiger partial charge in [-0.15, -0.1) is 0 Å². The Hall–Kier alpha value is -3.46. The van der Waals surface area contributed by atoms with Gasteiger partial charge in [-0.2, -0.15) is 26.3 Å². The van der Waals surface area contributed by atoms with Crippen LogP contribution in [0.1, 0.15) is 17.0 Å². The third-order valence-corrected chi connectivity index (χ3v) is 5.65. The van der Waals surface area contributed by atoms with E-state index < -0.39 is 24.3 Å². The molecule has 39 heavy (non-hydrogen) atoms. The van der Waals surface area contributed by atoms with Gasteiger partial charge >= 0.3 is 24.3 Å². The monoisotopic (exact) mass is 567 g/mol. The molecule has 0 unspecified atom stereocenters. The normalized spacial score (nSPS) is 20.7. The standard InChI is InChI=1S/C20H25N3O2.2C2HF3O2/c1-14-6-18(7-15(2)22-14)24-12-17-13-25-20-11-23(10-19(17)20)9-16-4-3-5-21-8-16;2*3-2(4,5)1(6)7/h3-8,17,19-20H,9-13H2,1-2H3;2*(H,6,7)/t17-,19+,20+;;/m0../s1. The van der Waals surface area contributed by atoms with E-state index in [1.165, 1.54) is 5.56 Å². The summed E-state index contributed by atoms with van der Waals surface area (Å²) in [4.78, 5) is 28.9. The molecule has 0 amide bonds. The number of carboxylic acids is 2. The average Bonchev–Trinajstić information content (AvgIpc) is 3.37. The average molecular weight is 567 g/mol. The minimum absolute atomic E-state index is 0.339. The number of hydrogen-bond acceptors (Lipinski definition) is 7. The summed E-state index contributed by atoms with van der Waals surface area (Å²) in [6, 6.07) is 8.14. The van der Waals surface area contributed by atoms with Gasteiger partial charge in [0.1, 0.15) is 5.75 Å². The molecule has 0 aliphatic carbocycles. The van der Waals surface area contributed by atoms with Crippen molar-refractivity contribution < 1.29 is 55.6 Å². The molecule has 2 fully saturated rings. The third-order valence-electron chi connectivity index (χ3n) is 5.65. The van der Waals surface area contributed by atoms with Crippen LogP contribution in [0.4, 0.5) is 26.3 Å². The molecule has 2 aromatic heterocycles. The number of halogens is 6. The molecule has 0 bridgehead atoms. The number of alkyl halides is 6. The highest BCUT2D eigenvalue weighted by Gasteiger charge is 2.44. The van der Waals surface area contributed by atoms with Crippen LogP contribution in [0.5, 0.6) is 5.75 Å². The van der Waals surface area contributed by atoms with E-state index in [4.69, 9.17) is 29.3 Å². The Morgan fingerprint density at radius 1 is 1.05 bits per heavy atom. The van der Waals surface area contributed by atoms with Crippen LogP contribution in [0.2, 0.25) is 0 Å². The molecule has 0 radical (unpaired) electrons. The lowest BCUT2D eigenvalue weighted by atomic mass is 9.94. The van der Waals surface area contributed by atoms with Crippen LogP contribution in [0.25, 0.3) is 0 Å². The summed E-state index contributed by atoms with van der Waals surface area (Å²) in [5.74, 6) is -3.59. The van der Waals surface area contributed by atoms with Gasteiger partial charge in [0.25, 0.3) is 0 Å². The molecule has 4 heterocycles. The van der Waals surface area contributed by atoms with Crippen molar-refractivity contribution in [1.82, 2.24) is 14.9 Å². The first kappa shape index (κ1) is 31.8. The second-order valence-electron chi connectivity index (χ2n) is 8.85. The SMILES string of the molecule is Cc1cc(OC[C@H]2CO[C@@H]3CN(Cc4cccnc4)C[C@H]23)cc(C)n1.O=C(O)C(F)(F)F.O=C(O)C(F)(F)F. The van der Waals surface area contributed by atoms with Crippen molar-refractivity contribution in [2.45, 2.75) is 38.8 Å². The molecule has 2 aromatic rings. The van der Waals surface area contributed by atoms with Crippen LogP contribution in [-0.4, -0.2) is 81.8 Å².